The minimum Gasteiger partial charge on any atom is -0.480 e. The Morgan fingerprint density at radius 1 is 1.25 bits per heavy atom. The number of esters is 1. The molecular formula is C14H17NO5. The number of rotatable bonds is 6. The van der Waals surface area contributed by atoms with Crippen molar-refractivity contribution in [3.63, 3.8) is 0 Å². The molecule has 1 amide bonds. The Morgan fingerprint density at radius 3 is 2.35 bits per heavy atom. The van der Waals surface area contributed by atoms with E-state index < -0.39 is 23.9 Å². The first-order valence-electron chi connectivity index (χ1n) is 6.22. The predicted molar refractivity (Wildman–Crippen MR) is 71.6 cm³/mol. The molecule has 1 atom stereocenters. The summed E-state index contributed by atoms with van der Waals surface area (Å²) in [6.45, 7) is 1.82. The lowest BCUT2D eigenvalue weighted by Crippen LogP contribution is -2.41. The first-order valence-corrected chi connectivity index (χ1v) is 6.22. The molecule has 1 aromatic rings. The number of amides is 1. The van der Waals surface area contributed by atoms with Gasteiger partial charge in [-0.15, -0.1) is 0 Å². The fraction of sp³-hybridized carbons (Fsp3) is 0.357. The second-order valence-corrected chi connectivity index (χ2v) is 4.19. The Morgan fingerprint density at radius 2 is 1.85 bits per heavy atom. The molecule has 108 valence electrons. The summed E-state index contributed by atoms with van der Waals surface area (Å²) in [5.74, 6) is -2.35. The van der Waals surface area contributed by atoms with E-state index in [2.05, 4.69) is 10.1 Å². The van der Waals surface area contributed by atoms with Crippen molar-refractivity contribution in [2.45, 2.75) is 25.8 Å². The van der Waals surface area contributed by atoms with Crippen LogP contribution in [0.4, 0.5) is 0 Å². The van der Waals surface area contributed by atoms with Crippen LogP contribution in [0.1, 0.15) is 40.5 Å². The van der Waals surface area contributed by atoms with Crippen LogP contribution in [-0.2, 0) is 9.53 Å². The normalized spacial score (nSPS) is 11.5. The zero-order chi connectivity index (χ0) is 15.1. The van der Waals surface area contributed by atoms with Gasteiger partial charge < -0.3 is 15.2 Å². The van der Waals surface area contributed by atoms with E-state index in [1.807, 2.05) is 6.92 Å². The highest BCUT2D eigenvalue weighted by Gasteiger charge is 2.22. The molecule has 0 saturated heterocycles. The van der Waals surface area contributed by atoms with E-state index in [-0.39, 0.29) is 11.1 Å². The van der Waals surface area contributed by atoms with E-state index in [0.717, 1.165) is 0 Å². The third kappa shape index (κ3) is 3.81. The average molecular weight is 279 g/mol. The molecule has 0 aliphatic rings. The lowest BCUT2D eigenvalue weighted by molar-refractivity contribution is -0.139. The van der Waals surface area contributed by atoms with Crippen LogP contribution in [0.2, 0.25) is 0 Å². The van der Waals surface area contributed by atoms with E-state index in [1.54, 1.807) is 12.1 Å². The van der Waals surface area contributed by atoms with Crippen molar-refractivity contribution in [3.05, 3.63) is 35.4 Å². The Balaban J connectivity index is 2.97. The van der Waals surface area contributed by atoms with E-state index in [9.17, 15) is 14.4 Å². The van der Waals surface area contributed by atoms with Crippen LogP contribution in [0, 0.1) is 0 Å². The molecule has 1 aromatic carbocycles. The largest absolute Gasteiger partial charge is 0.480 e. The standard InChI is InChI=1S/C14H17NO5/c1-3-6-11(13(17)18)15-12(16)9-7-4-5-8-10(9)14(19)20-2/h4-5,7-8,11H,3,6H2,1-2H3,(H,15,16)(H,17,18). The summed E-state index contributed by atoms with van der Waals surface area (Å²) in [6, 6.07) is 5.13. The molecule has 0 aliphatic carbocycles. The van der Waals surface area contributed by atoms with Gasteiger partial charge in [-0.2, -0.15) is 0 Å². The van der Waals surface area contributed by atoms with Crippen molar-refractivity contribution in [1.29, 1.82) is 0 Å². The number of aliphatic carboxylic acids is 1. The lowest BCUT2D eigenvalue weighted by Gasteiger charge is -2.14. The van der Waals surface area contributed by atoms with Crippen LogP contribution >= 0.6 is 0 Å². The zero-order valence-electron chi connectivity index (χ0n) is 11.4. The van der Waals surface area contributed by atoms with Gasteiger partial charge in [-0.1, -0.05) is 25.5 Å². The molecule has 0 aliphatic heterocycles. The summed E-state index contributed by atoms with van der Waals surface area (Å²) < 4.78 is 4.59. The Kier molecular flexibility index (Phi) is 5.71. The van der Waals surface area contributed by atoms with Crippen LogP contribution < -0.4 is 5.32 Å². The van der Waals surface area contributed by atoms with Crippen LogP contribution in [0.25, 0.3) is 0 Å². The van der Waals surface area contributed by atoms with Gasteiger partial charge in [0.25, 0.3) is 5.91 Å². The molecule has 20 heavy (non-hydrogen) atoms. The number of carboxylic acids is 1. The molecule has 0 fully saturated rings. The lowest BCUT2D eigenvalue weighted by atomic mass is 10.1. The molecule has 0 heterocycles. The number of hydrogen-bond donors (Lipinski definition) is 2. The highest BCUT2D eigenvalue weighted by molar-refractivity contribution is 6.06. The number of benzene rings is 1. The van der Waals surface area contributed by atoms with Crippen LogP contribution in [0.3, 0.4) is 0 Å². The number of carbonyl (C=O) groups excluding carboxylic acids is 2. The molecule has 0 spiro atoms. The zero-order valence-corrected chi connectivity index (χ0v) is 11.4. The quantitative estimate of drug-likeness (QED) is 0.769. The van der Waals surface area contributed by atoms with Gasteiger partial charge in [-0.05, 0) is 18.6 Å². The third-order valence-corrected chi connectivity index (χ3v) is 2.76. The van der Waals surface area contributed by atoms with Crippen molar-refractivity contribution in [2.24, 2.45) is 0 Å². The average Bonchev–Trinajstić information content (AvgIpc) is 2.45. The first kappa shape index (κ1) is 15.7. The molecule has 6 nitrogen and oxygen atoms in total. The number of carbonyl (C=O) groups is 3. The van der Waals surface area contributed by atoms with Crippen LogP contribution in [0.5, 0.6) is 0 Å². The van der Waals surface area contributed by atoms with Crippen LogP contribution in [-0.4, -0.2) is 36.1 Å². The Bertz CT molecular complexity index is 512. The maximum atomic E-state index is 12.1. The highest BCUT2D eigenvalue weighted by Crippen LogP contribution is 2.11. The summed E-state index contributed by atoms with van der Waals surface area (Å²) in [7, 11) is 1.22. The van der Waals surface area contributed by atoms with Gasteiger partial charge in [0.2, 0.25) is 0 Å². The molecule has 2 N–H and O–H groups in total. The topological polar surface area (TPSA) is 92.7 Å². The minimum atomic E-state index is -1.10. The van der Waals surface area contributed by atoms with Crippen molar-refractivity contribution < 1.29 is 24.2 Å². The maximum absolute atomic E-state index is 12.1. The second-order valence-electron chi connectivity index (χ2n) is 4.19. The van der Waals surface area contributed by atoms with Gasteiger partial charge in [-0.3, -0.25) is 4.79 Å². The van der Waals surface area contributed by atoms with Gasteiger partial charge in [0, 0.05) is 0 Å². The van der Waals surface area contributed by atoms with Crippen molar-refractivity contribution >= 4 is 17.8 Å². The van der Waals surface area contributed by atoms with Gasteiger partial charge in [0.05, 0.1) is 18.2 Å². The van der Waals surface area contributed by atoms with Crippen molar-refractivity contribution in [2.75, 3.05) is 7.11 Å². The number of carboxylic acid groups (broad SMARTS) is 1. The molecule has 0 saturated carbocycles. The predicted octanol–water partition coefficient (Wildman–Crippen LogP) is 1.46. The summed E-state index contributed by atoms with van der Waals surface area (Å²) in [5, 5.41) is 11.4. The van der Waals surface area contributed by atoms with Gasteiger partial charge in [0.15, 0.2) is 0 Å². The molecule has 1 unspecified atom stereocenters. The van der Waals surface area contributed by atoms with Gasteiger partial charge in [0.1, 0.15) is 6.04 Å². The molecule has 0 radical (unpaired) electrons. The third-order valence-electron chi connectivity index (χ3n) is 2.76. The monoisotopic (exact) mass is 279 g/mol. The minimum absolute atomic E-state index is 0.0988. The maximum Gasteiger partial charge on any atom is 0.338 e. The van der Waals surface area contributed by atoms with Crippen molar-refractivity contribution in [3.8, 4) is 0 Å². The molecule has 0 aromatic heterocycles. The fourth-order valence-corrected chi connectivity index (χ4v) is 1.75. The number of methoxy groups -OCH3 is 1. The summed E-state index contributed by atoms with van der Waals surface area (Å²) in [5.41, 5.74) is 0.204. The SMILES string of the molecule is CCCC(NC(=O)c1ccccc1C(=O)OC)C(=O)O. The summed E-state index contributed by atoms with van der Waals surface area (Å²) in [6.07, 6.45) is 0.942. The fourth-order valence-electron chi connectivity index (χ4n) is 1.75. The van der Waals surface area contributed by atoms with E-state index in [0.29, 0.717) is 12.8 Å². The van der Waals surface area contributed by atoms with E-state index in [1.165, 1.54) is 19.2 Å². The Hall–Kier alpha value is -2.37. The molecule has 1 rings (SSSR count). The highest BCUT2D eigenvalue weighted by atomic mass is 16.5. The van der Waals surface area contributed by atoms with Gasteiger partial charge >= 0.3 is 11.9 Å². The smallest absolute Gasteiger partial charge is 0.338 e. The van der Waals surface area contributed by atoms with E-state index in [4.69, 9.17) is 5.11 Å². The molecular weight excluding hydrogens is 262 g/mol. The molecule has 6 heteroatoms. The van der Waals surface area contributed by atoms with Crippen LogP contribution in [0.15, 0.2) is 24.3 Å². The number of hydrogen-bond acceptors (Lipinski definition) is 4. The van der Waals surface area contributed by atoms with Crippen molar-refractivity contribution in [1.82, 2.24) is 5.32 Å². The summed E-state index contributed by atoms with van der Waals surface area (Å²) >= 11 is 0. The summed E-state index contributed by atoms with van der Waals surface area (Å²) in [4.78, 5) is 34.7. The van der Waals surface area contributed by atoms with Gasteiger partial charge in [-0.25, -0.2) is 9.59 Å². The Labute approximate surface area is 116 Å². The van der Waals surface area contributed by atoms with E-state index >= 15 is 0 Å². The number of ether oxygens (including phenoxy) is 1. The first-order chi connectivity index (χ1) is 9.51. The second kappa shape index (κ2) is 7.28. The molecule has 0 bridgehead atoms. The number of nitrogens with one attached hydrogen (secondary N) is 1.